The predicted molar refractivity (Wildman–Crippen MR) is 88.9 cm³/mol. The van der Waals surface area contributed by atoms with Crippen LogP contribution in [0.5, 0.6) is 11.5 Å². The maximum Gasteiger partial charge on any atom is 0.420 e. The fourth-order valence-electron chi connectivity index (χ4n) is 3.06. The molecule has 0 atom stereocenters. The number of rotatable bonds is 4. The monoisotopic (exact) mass is 406 g/mol. The van der Waals surface area contributed by atoms with Crippen molar-refractivity contribution in [2.24, 2.45) is 0 Å². The Labute approximate surface area is 156 Å². The van der Waals surface area contributed by atoms with Crippen LogP contribution in [-0.2, 0) is 12.4 Å². The number of benzene rings is 2. The van der Waals surface area contributed by atoms with E-state index < -0.39 is 51.9 Å². The summed E-state index contributed by atoms with van der Waals surface area (Å²) < 4.78 is 89.7. The highest BCUT2D eigenvalue weighted by molar-refractivity contribution is 6.11. The van der Waals surface area contributed by atoms with Gasteiger partial charge in [0.1, 0.15) is 22.6 Å². The van der Waals surface area contributed by atoms with Crippen molar-refractivity contribution in [2.75, 3.05) is 14.2 Å². The van der Waals surface area contributed by atoms with Gasteiger partial charge in [-0.15, -0.1) is 0 Å². The van der Waals surface area contributed by atoms with Gasteiger partial charge in [0.2, 0.25) is 0 Å². The van der Waals surface area contributed by atoms with Crippen molar-refractivity contribution in [2.45, 2.75) is 26.2 Å². The molecule has 28 heavy (non-hydrogen) atoms. The topological polar surface area (TPSA) is 35.5 Å². The fraction of sp³-hybridized carbons (Fsp3) is 0.316. The molecule has 0 saturated heterocycles. The van der Waals surface area contributed by atoms with E-state index in [1.165, 1.54) is 0 Å². The van der Waals surface area contributed by atoms with Gasteiger partial charge in [-0.2, -0.15) is 26.3 Å². The van der Waals surface area contributed by atoms with Crippen LogP contribution in [0.25, 0.3) is 0 Å². The first-order valence-corrected chi connectivity index (χ1v) is 7.88. The number of carbonyl (C=O) groups excluding carboxylic acids is 1. The number of carbonyl (C=O) groups is 1. The van der Waals surface area contributed by atoms with Crippen molar-refractivity contribution in [3.63, 3.8) is 0 Å². The summed E-state index contributed by atoms with van der Waals surface area (Å²) in [6.07, 6.45) is -9.62. The number of hydrogen-bond donors (Lipinski definition) is 0. The van der Waals surface area contributed by atoms with E-state index in [0.717, 1.165) is 52.3 Å². The lowest BCUT2D eigenvalue weighted by Crippen LogP contribution is -2.17. The third kappa shape index (κ3) is 3.79. The van der Waals surface area contributed by atoms with Crippen LogP contribution in [-0.4, -0.2) is 20.0 Å². The third-order valence-electron chi connectivity index (χ3n) is 4.35. The minimum atomic E-state index is -4.81. The van der Waals surface area contributed by atoms with Crippen LogP contribution in [0.2, 0.25) is 0 Å². The van der Waals surface area contributed by atoms with Crippen LogP contribution >= 0.6 is 0 Å². The Hall–Kier alpha value is -2.71. The van der Waals surface area contributed by atoms with Crippen LogP contribution in [0.1, 0.15) is 38.2 Å². The Morgan fingerprint density at radius 1 is 0.714 bits per heavy atom. The lowest BCUT2D eigenvalue weighted by atomic mass is 9.90. The van der Waals surface area contributed by atoms with Gasteiger partial charge in [0.25, 0.3) is 0 Å². The molecule has 9 heteroatoms. The zero-order chi connectivity index (χ0) is 21.4. The average molecular weight is 406 g/mol. The summed E-state index contributed by atoms with van der Waals surface area (Å²) >= 11 is 0. The quantitative estimate of drug-likeness (QED) is 0.491. The Morgan fingerprint density at radius 3 is 1.29 bits per heavy atom. The standard InChI is InChI=1S/C19H16F6O3/c1-9-11(5-7-13(27-3)15(9)18(20,21)22)17(26)12-6-8-14(28-4)16(10(12)2)19(23,24)25/h5-8H,1-4H3. The molecule has 2 rings (SSSR count). The van der Waals surface area contributed by atoms with Gasteiger partial charge in [0, 0.05) is 11.1 Å². The Morgan fingerprint density at radius 2 is 1.04 bits per heavy atom. The summed E-state index contributed by atoms with van der Waals surface area (Å²) in [6.45, 7) is 2.14. The molecule has 0 fully saturated rings. The average Bonchev–Trinajstić information content (AvgIpc) is 2.58. The summed E-state index contributed by atoms with van der Waals surface area (Å²) in [6, 6.07) is 4.13. The summed E-state index contributed by atoms with van der Waals surface area (Å²) in [5, 5.41) is 0. The van der Waals surface area contributed by atoms with Gasteiger partial charge < -0.3 is 9.47 Å². The van der Waals surface area contributed by atoms with Gasteiger partial charge in [-0.1, -0.05) is 0 Å². The second kappa shape index (κ2) is 7.37. The molecule has 0 aliphatic rings. The smallest absolute Gasteiger partial charge is 0.420 e. The van der Waals surface area contributed by atoms with Gasteiger partial charge >= 0.3 is 12.4 Å². The Kier molecular flexibility index (Phi) is 5.68. The maximum absolute atomic E-state index is 13.4. The molecule has 0 aliphatic heterocycles. The van der Waals surface area contributed by atoms with E-state index in [1.807, 2.05) is 0 Å². The van der Waals surface area contributed by atoms with Crippen molar-refractivity contribution in [3.05, 3.63) is 57.6 Å². The number of alkyl halides is 6. The van der Waals surface area contributed by atoms with Crippen LogP contribution in [0.15, 0.2) is 24.3 Å². The van der Waals surface area contributed by atoms with E-state index in [-0.39, 0.29) is 11.1 Å². The van der Waals surface area contributed by atoms with Crippen molar-refractivity contribution in [1.29, 1.82) is 0 Å². The molecule has 2 aromatic carbocycles. The molecule has 0 saturated carbocycles. The fourth-order valence-corrected chi connectivity index (χ4v) is 3.06. The Balaban J connectivity index is 2.72. The van der Waals surface area contributed by atoms with Gasteiger partial charge in [0.05, 0.1) is 14.2 Å². The molecule has 0 heterocycles. The summed E-state index contributed by atoms with van der Waals surface area (Å²) in [5.41, 5.74) is -3.89. The number of ether oxygens (including phenoxy) is 2. The van der Waals surface area contributed by atoms with Crippen molar-refractivity contribution in [3.8, 4) is 11.5 Å². The van der Waals surface area contributed by atoms with E-state index >= 15 is 0 Å². The first-order chi connectivity index (χ1) is 12.8. The van der Waals surface area contributed by atoms with E-state index in [2.05, 4.69) is 0 Å². The normalized spacial score (nSPS) is 12.1. The van der Waals surface area contributed by atoms with Crippen LogP contribution in [0.4, 0.5) is 26.3 Å². The first-order valence-electron chi connectivity index (χ1n) is 7.88. The van der Waals surface area contributed by atoms with Crippen molar-refractivity contribution >= 4 is 5.78 Å². The van der Waals surface area contributed by atoms with Gasteiger partial charge in [-0.25, -0.2) is 0 Å². The van der Waals surface area contributed by atoms with Gasteiger partial charge in [0.15, 0.2) is 5.78 Å². The van der Waals surface area contributed by atoms with Crippen LogP contribution in [0, 0.1) is 13.8 Å². The largest absolute Gasteiger partial charge is 0.496 e. The molecule has 0 bridgehead atoms. The highest BCUT2D eigenvalue weighted by Crippen LogP contribution is 2.42. The molecule has 0 radical (unpaired) electrons. The molecule has 0 amide bonds. The second-order valence-electron chi connectivity index (χ2n) is 5.96. The molecule has 0 N–H and O–H groups in total. The van der Waals surface area contributed by atoms with Crippen LogP contribution < -0.4 is 9.47 Å². The molecule has 0 aliphatic carbocycles. The van der Waals surface area contributed by atoms with Crippen molar-refractivity contribution < 1.29 is 40.6 Å². The number of hydrogen-bond acceptors (Lipinski definition) is 3. The predicted octanol–water partition coefficient (Wildman–Crippen LogP) is 5.59. The molecule has 0 aromatic heterocycles. The summed E-state index contributed by atoms with van der Waals surface area (Å²) in [7, 11) is 2.10. The molecule has 0 spiro atoms. The molecule has 2 aromatic rings. The SMILES string of the molecule is COc1ccc(C(=O)c2ccc(OC)c(C(F)(F)F)c2C)c(C)c1C(F)(F)F. The molecular formula is C19H16F6O3. The van der Waals surface area contributed by atoms with Crippen LogP contribution in [0.3, 0.4) is 0 Å². The highest BCUT2D eigenvalue weighted by Gasteiger charge is 2.40. The third-order valence-corrected chi connectivity index (χ3v) is 4.35. The molecular weight excluding hydrogens is 390 g/mol. The van der Waals surface area contributed by atoms with E-state index in [1.54, 1.807) is 0 Å². The van der Waals surface area contributed by atoms with E-state index in [9.17, 15) is 31.1 Å². The zero-order valence-corrected chi connectivity index (χ0v) is 15.3. The van der Waals surface area contributed by atoms with Gasteiger partial charge in [-0.3, -0.25) is 4.79 Å². The van der Waals surface area contributed by atoms with Crippen molar-refractivity contribution in [1.82, 2.24) is 0 Å². The molecule has 152 valence electrons. The second-order valence-corrected chi connectivity index (χ2v) is 5.96. The first kappa shape index (κ1) is 21.6. The van der Waals surface area contributed by atoms with E-state index in [0.29, 0.717) is 0 Å². The minimum Gasteiger partial charge on any atom is -0.496 e. The summed E-state index contributed by atoms with van der Waals surface area (Å²) in [5.74, 6) is -1.93. The highest BCUT2D eigenvalue weighted by atomic mass is 19.4. The zero-order valence-electron chi connectivity index (χ0n) is 15.3. The van der Waals surface area contributed by atoms with E-state index in [4.69, 9.17) is 9.47 Å². The van der Waals surface area contributed by atoms with Gasteiger partial charge in [-0.05, 0) is 49.2 Å². The lowest BCUT2D eigenvalue weighted by Gasteiger charge is -2.19. The molecule has 3 nitrogen and oxygen atoms in total. The Bertz CT molecular complexity index is 840. The molecule has 0 unspecified atom stereocenters. The number of ketones is 1. The minimum absolute atomic E-state index is 0.366. The maximum atomic E-state index is 13.4. The number of methoxy groups -OCH3 is 2. The number of halogens is 6. The summed E-state index contributed by atoms with van der Waals surface area (Å²) in [4.78, 5) is 12.8. The lowest BCUT2D eigenvalue weighted by molar-refractivity contribution is -0.140.